The molecule has 0 aliphatic heterocycles. The second kappa shape index (κ2) is 10.5. The van der Waals surface area contributed by atoms with E-state index < -0.39 is 22.5 Å². The monoisotopic (exact) mass is 476 g/mol. The van der Waals surface area contributed by atoms with Gasteiger partial charge in [-0.1, -0.05) is 78.5 Å². The van der Waals surface area contributed by atoms with Gasteiger partial charge in [0.15, 0.2) is 0 Å². The molecule has 2 aromatic carbocycles. The van der Waals surface area contributed by atoms with Gasteiger partial charge in [-0.25, -0.2) is 8.42 Å². The average Bonchev–Trinajstić information content (AvgIpc) is 2.66. The third kappa shape index (κ3) is 7.07. The Labute approximate surface area is 187 Å². The summed E-state index contributed by atoms with van der Waals surface area (Å²) in [7, 11) is -3.77. The van der Waals surface area contributed by atoms with Crippen LogP contribution in [0.15, 0.2) is 42.5 Å². The third-order valence-electron chi connectivity index (χ3n) is 4.48. The average molecular weight is 478 g/mol. The van der Waals surface area contributed by atoms with Crippen molar-refractivity contribution in [2.75, 3.05) is 23.7 Å². The molecule has 1 amide bonds. The molecule has 0 saturated carbocycles. The van der Waals surface area contributed by atoms with E-state index in [1.165, 1.54) is 17.7 Å². The number of halogens is 3. The number of sulfonamides is 1. The number of hydrogen-bond donors (Lipinski definition) is 1. The molecule has 0 aliphatic carbocycles. The van der Waals surface area contributed by atoms with Gasteiger partial charge in [0.1, 0.15) is 6.54 Å². The van der Waals surface area contributed by atoms with Crippen molar-refractivity contribution in [2.24, 2.45) is 5.92 Å². The predicted molar refractivity (Wildman–Crippen MR) is 121 cm³/mol. The molecule has 0 bridgehead atoms. The zero-order valence-corrected chi connectivity index (χ0v) is 19.2. The van der Waals surface area contributed by atoms with E-state index in [1.807, 2.05) is 30.3 Å². The number of rotatable bonds is 9. The van der Waals surface area contributed by atoms with Crippen molar-refractivity contribution in [3.05, 3.63) is 63.1 Å². The first-order valence-corrected chi connectivity index (χ1v) is 12.0. The van der Waals surface area contributed by atoms with Crippen molar-refractivity contribution in [3.8, 4) is 0 Å². The molecule has 0 heterocycles. The van der Waals surface area contributed by atoms with Crippen LogP contribution in [0.3, 0.4) is 0 Å². The second-order valence-electron chi connectivity index (χ2n) is 6.76. The van der Waals surface area contributed by atoms with Gasteiger partial charge in [-0.05, 0) is 30.0 Å². The van der Waals surface area contributed by atoms with Crippen LogP contribution >= 0.6 is 34.8 Å². The van der Waals surface area contributed by atoms with Crippen LogP contribution in [0.4, 0.5) is 5.69 Å². The fourth-order valence-electron chi connectivity index (χ4n) is 2.84. The van der Waals surface area contributed by atoms with Crippen LogP contribution in [0.2, 0.25) is 15.1 Å². The van der Waals surface area contributed by atoms with Crippen molar-refractivity contribution >= 4 is 56.4 Å². The SMILES string of the molecule is CCC(CNC(=O)CN(c1cc(Cl)c(Cl)cc1Cl)S(C)(=O)=O)Cc1ccccc1. The minimum Gasteiger partial charge on any atom is -0.354 e. The van der Waals surface area contributed by atoms with Gasteiger partial charge in [0.05, 0.1) is 27.0 Å². The van der Waals surface area contributed by atoms with Crippen LogP contribution in [0.1, 0.15) is 18.9 Å². The third-order valence-corrected chi connectivity index (χ3v) is 6.63. The highest BCUT2D eigenvalue weighted by Crippen LogP contribution is 2.35. The highest BCUT2D eigenvalue weighted by Gasteiger charge is 2.24. The Bertz CT molecular complexity index is 953. The summed E-state index contributed by atoms with van der Waals surface area (Å²) in [6, 6.07) is 12.7. The number of anilines is 1. The molecule has 2 rings (SSSR count). The number of carbonyl (C=O) groups excluding carboxylic acids is 1. The lowest BCUT2D eigenvalue weighted by atomic mass is 9.97. The molecule has 5 nitrogen and oxygen atoms in total. The molecular weight excluding hydrogens is 455 g/mol. The fourth-order valence-corrected chi connectivity index (χ4v) is 4.39. The van der Waals surface area contributed by atoms with E-state index in [-0.39, 0.29) is 26.7 Å². The summed E-state index contributed by atoms with van der Waals surface area (Å²) in [5.74, 6) is -0.189. The number of hydrogen-bond acceptors (Lipinski definition) is 3. The maximum Gasteiger partial charge on any atom is 0.240 e. The summed E-state index contributed by atoms with van der Waals surface area (Å²) < 4.78 is 25.4. The second-order valence-corrected chi connectivity index (χ2v) is 9.88. The van der Waals surface area contributed by atoms with E-state index in [4.69, 9.17) is 34.8 Å². The van der Waals surface area contributed by atoms with Gasteiger partial charge in [-0.3, -0.25) is 9.10 Å². The molecule has 0 saturated heterocycles. The summed E-state index contributed by atoms with van der Waals surface area (Å²) >= 11 is 18.1. The Hall–Kier alpha value is -1.47. The van der Waals surface area contributed by atoms with Crippen molar-refractivity contribution in [2.45, 2.75) is 19.8 Å². The van der Waals surface area contributed by atoms with E-state index in [1.54, 1.807) is 0 Å². The zero-order chi connectivity index (χ0) is 21.6. The molecular formula is C20H23Cl3N2O3S. The van der Waals surface area contributed by atoms with E-state index in [0.29, 0.717) is 6.54 Å². The van der Waals surface area contributed by atoms with Crippen LogP contribution in [-0.2, 0) is 21.2 Å². The first kappa shape index (κ1) is 23.8. The molecule has 2 aromatic rings. The van der Waals surface area contributed by atoms with Crippen LogP contribution in [0, 0.1) is 5.92 Å². The summed E-state index contributed by atoms with van der Waals surface area (Å²) in [4.78, 5) is 12.5. The molecule has 0 fully saturated rings. The Morgan fingerprint density at radius 1 is 1.07 bits per heavy atom. The lowest BCUT2D eigenvalue weighted by Crippen LogP contribution is -2.42. The number of carbonyl (C=O) groups is 1. The number of amides is 1. The number of nitrogens with zero attached hydrogens (tertiary/aromatic N) is 1. The summed E-state index contributed by atoms with van der Waals surface area (Å²) in [6.45, 7) is 2.09. The quantitative estimate of drug-likeness (QED) is 0.528. The Morgan fingerprint density at radius 3 is 2.28 bits per heavy atom. The molecule has 158 valence electrons. The van der Waals surface area contributed by atoms with E-state index in [2.05, 4.69) is 12.2 Å². The lowest BCUT2D eigenvalue weighted by Gasteiger charge is -2.24. The molecule has 1 N–H and O–H groups in total. The van der Waals surface area contributed by atoms with E-state index in [9.17, 15) is 13.2 Å². The Morgan fingerprint density at radius 2 is 1.69 bits per heavy atom. The predicted octanol–water partition coefficient (Wildman–Crippen LogP) is 4.80. The molecule has 1 atom stereocenters. The smallest absolute Gasteiger partial charge is 0.240 e. The van der Waals surface area contributed by atoms with Crippen molar-refractivity contribution in [3.63, 3.8) is 0 Å². The summed E-state index contributed by atoms with van der Waals surface area (Å²) in [6.07, 6.45) is 2.71. The van der Waals surface area contributed by atoms with Crippen molar-refractivity contribution in [1.82, 2.24) is 5.32 Å². The van der Waals surface area contributed by atoms with Gasteiger partial charge in [-0.2, -0.15) is 0 Å². The molecule has 9 heteroatoms. The summed E-state index contributed by atoms with van der Waals surface area (Å²) in [5, 5.41) is 3.26. The van der Waals surface area contributed by atoms with Gasteiger partial charge in [0.25, 0.3) is 0 Å². The van der Waals surface area contributed by atoms with E-state index >= 15 is 0 Å². The first-order valence-electron chi connectivity index (χ1n) is 9.04. The van der Waals surface area contributed by atoms with Gasteiger partial charge in [0.2, 0.25) is 15.9 Å². The van der Waals surface area contributed by atoms with Crippen molar-refractivity contribution in [1.29, 1.82) is 0 Å². The van der Waals surface area contributed by atoms with Gasteiger partial charge in [0, 0.05) is 6.54 Å². The van der Waals surface area contributed by atoms with Gasteiger partial charge >= 0.3 is 0 Å². The van der Waals surface area contributed by atoms with Crippen LogP contribution in [0.5, 0.6) is 0 Å². The summed E-state index contributed by atoms with van der Waals surface area (Å²) in [5.41, 5.74) is 1.30. The topological polar surface area (TPSA) is 66.5 Å². The Balaban J connectivity index is 2.08. The first-order chi connectivity index (χ1) is 13.6. The standard InChI is InChI=1S/C20H23Cl3N2O3S/c1-3-14(9-15-7-5-4-6-8-15)12-24-20(26)13-25(29(2,27)28)19-11-17(22)16(21)10-18(19)23/h4-8,10-11,14H,3,9,12-13H2,1-2H3,(H,24,26). The highest BCUT2D eigenvalue weighted by atomic mass is 35.5. The molecule has 29 heavy (non-hydrogen) atoms. The van der Waals surface area contributed by atoms with E-state index in [0.717, 1.165) is 23.4 Å². The minimum atomic E-state index is -3.77. The number of nitrogens with one attached hydrogen (secondary N) is 1. The maximum atomic E-state index is 12.5. The minimum absolute atomic E-state index is 0.0909. The fraction of sp³-hybridized carbons (Fsp3) is 0.350. The molecule has 1 unspecified atom stereocenters. The number of benzene rings is 2. The Kier molecular flexibility index (Phi) is 8.64. The molecule has 0 aliphatic rings. The highest BCUT2D eigenvalue weighted by molar-refractivity contribution is 7.92. The van der Waals surface area contributed by atoms with Crippen molar-refractivity contribution < 1.29 is 13.2 Å². The van der Waals surface area contributed by atoms with Crippen LogP contribution in [0.25, 0.3) is 0 Å². The molecule has 0 radical (unpaired) electrons. The van der Waals surface area contributed by atoms with Gasteiger partial charge < -0.3 is 5.32 Å². The lowest BCUT2D eigenvalue weighted by molar-refractivity contribution is -0.119. The molecule has 0 aromatic heterocycles. The molecule has 0 spiro atoms. The largest absolute Gasteiger partial charge is 0.354 e. The van der Waals surface area contributed by atoms with Gasteiger partial charge in [-0.15, -0.1) is 0 Å². The maximum absolute atomic E-state index is 12.5. The van der Waals surface area contributed by atoms with Crippen LogP contribution in [-0.4, -0.2) is 33.7 Å². The normalized spacial score (nSPS) is 12.4. The van der Waals surface area contributed by atoms with Crippen LogP contribution < -0.4 is 9.62 Å². The zero-order valence-electron chi connectivity index (χ0n) is 16.2.